The first-order valence-electron chi connectivity index (χ1n) is 8.18. The van der Waals surface area contributed by atoms with E-state index in [0.717, 1.165) is 31.7 Å². The Hall–Kier alpha value is -2.40. The van der Waals surface area contributed by atoms with Crippen LogP contribution >= 0.6 is 0 Å². The number of piperazine rings is 1. The SMILES string of the molecule is CN1CCN(c2ccccc2CNC(=O)c2ccc(F)cc2)CC1. The smallest absolute Gasteiger partial charge is 0.251 e. The van der Waals surface area contributed by atoms with E-state index in [0.29, 0.717) is 12.1 Å². The van der Waals surface area contributed by atoms with E-state index in [1.807, 2.05) is 18.2 Å². The number of para-hydroxylation sites is 1. The number of nitrogens with one attached hydrogen (secondary N) is 1. The standard InChI is InChI=1S/C19H22FN3O/c1-22-10-12-23(13-11-22)18-5-3-2-4-16(18)14-21-19(24)15-6-8-17(20)9-7-15/h2-9H,10-14H2,1H3,(H,21,24). The fraction of sp³-hybridized carbons (Fsp3) is 0.316. The lowest BCUT2D eigenvalue weighted by molar-refractivity contribution is 0.0951. The van der Waals surface area contributed by atoms with Gasteiger partial charge in [-0.1, -0.05) is 18.2 Å². The molecule has 0 saturated carbocycles. The Morgan fingerprint density at radius 1 is 1.04 bits per heavy atom. The van der Waals surface area contributed by atoms with Crippen molar-refractivity contribution in [3.8, 4) is 0 Å². The fourth-order valence-corrected chi connectivity index (χ4v) is 2.89. The molecule has 2 aromatic carbocycles. The van der Waals surface area contributed by atoms with Gasteiger partial charge in [0.1, 0.15) is 5.82 Å². The minimum Gasteiger partial charge on any atom is -0.369 e. The van der Waals surface area contributed by atoms with Crippen LogP contribution in [0.5, 0.6) is 0 Å². The maximum Gasteiger partial charge on any atom is 0.251 e. The van der Waals surface area contributed by atoms with Crippen LogP contribution in [0.1, 0.15) is 15.9 Å². The third kappa shape index (κ3) is 3.92. The molecular formula is C19H22FN3O. The number of carbonyl (C=O) groups is 1. The average molecular weight is 327 g/mol. The molecule has 0 aromatic heterocycles. The monoisotopic (exact) mass is 327 g/mol. The molecule has 1 amide bonds. The van der Waals surface area contributed by atoms with E-state index < -0.39 is 0 Å². The van der Waals surface area contributed by atoms with Gasteiger partial charge in [0.25, 0.3) is 5.91 Å². The Bertz CT molecular complexity index is 694. The van der Waals surface area contributed by atoms with Crippen molar-refractivity contribution in [1.29, 1.82) is 0 Å². The lowest BCUT2D eigenvalue weighted by atomic mass is 10.1. The molecule has 4 nitrogen and oxygen atoms in total. The molecule has 0 bridgehead atoms. The normalized spacial score (nSPS) is 15.3. The van der Waals surface area contributed by atoms with Gasteiger partial charge < -0.3 is 15.1 Å². The summed E-state index contributed by atoms with van der Waals surface area (Å²) in [5, 5.41) is 2.92. The van der Waals surface area contributed by atoms with Crippen molar-refractivity contribution in [3.63, 3.8) is 0 Å². The topological polar surface area (TPSA) is 35.6 Å². The molecule has 126 valence electrons. The third-order valence-electron chi connectivity index (χ3n) is 4.38. The second kappa shape index (κ2) is 7.45. The van der Waals surface area contributed by atoms with Gasteiger partial charge in [-0.3, -0.25) is 4.79 Å². The molecule has 1 aliphatic heterocycles. The summed E-state index contributed by atoms with van der Waals surface area (Å²) in [5.74, 6) is -0.532. The van der Waals surface area contributed by atoms with Gasteiger partial charge in [-0.05, 0) is 42.9 Å². The van der Waals surface area contributed by atoms with Crippen molar-refractivity contribution in [1.82, 2.24) is 10.2 Å². The van der Waals surface area contributed by atoms with Crippen LogP contribution in [0.25, 0.3) is 0 Å². The van der Waals surface area contributed by atoms with E-state index in [1.54, 1.807) is 0 Å². The molecule has 0 spiro atoms. The molecule has 1 saturated heterocycles. The van der Waals surface area contributed by atoms with Crippen molar-refractivity contribution in [2.75, 3.05) is 38.1 Å². The van der Waals surface area contributed by atoms with Gasteiger partial charge >= 0.3 is 0 Å². The molecule has 0 atom stereocenters. The highest BCUT2D eigenvalue weighted by Gasteiger charge is 2.17. The Balaban J connectivity index is 1.67. The van der Waals surface area contributed by atoms with Crippen LogP contribution in [-0.4, -0.2) is 44.0 Å². The average Bonchev–Trinajstić information content (AvgIpc) is 2.61. The molecule has 3 rings (SSSR count). The molecule has 5 heteroatoms. The zero-order valence-electron chi connectivity index (χ0n) is 13.8. The lowest BCUT2D eigenvalue weighted by Gasteiger charge is -2.35. The number of hydrogen-bond acceptors (Lipinski definition) is 3. The number of hydrogen-bond donors (Lipinski definition) is 1. The van der Waals surface area contributed by atoms with Crippen LogP contribution in [-0.2, 0) is 6.54 Å². The van der Waals surface area contributed by atoms with Crippen molar-refractivity contribution in [2.24, 2.45) is 0 Å². The van der Waals surface area contributed by atoms with Crippen LogP contribution in [0.15, 0.2) is 48.5 Å². The number of benzene rings is 2. The Labute approximate surface area is 141 Å². The number of nitrogens with zero attached hydrogens (tertiary/aromatic N) is 2. The molecule has 1 heterocycles. The van der Waals surface area contributed by atoms with E-state index in [9.17, 15) is 9.18 Å². The Morgan fingerprint density at radius 3 is 2.42 bits per heavy atom. The third-order valence-corrected chi connectivity index (χ3v) is 4.38. The van der Waals surface area contributed by atoms with Gasteiger partial charge in [-0.25, -0.2) is 4.39 Å². The van der Waals surface area contributed by atoms with E-state index in [1.165, 1.54) is 30.0 Å². The van der Waals surface area contributed by atoms with E-state index >= 15 is 0 Å². The van der Waals surface area contributed by atoms with Crippen LogP contribution in [0.2, 0.25) is 0 Å². The first kappa shape index (κ1) is 16.5. The summed E-state index contributed by atoms with van der Waals surface area (Å²) in [5.41, 5.74) is 2.73. The first-order chi connectivity index (χ1) is 11.6. The second-order valence-corrected chi connectivity index (χ2v) is 6.11. The van der Waals surface area contributed by atoms with Crippen molar-refractivity contribution in [2.45, 2.75) is 6.54 Å². The van der Waals surface area contributed by atoms with Crippen LogP contribution in [0.4, 0.5) is 10.1 Å². The van der Waals surface area contributed by atoms with E-state index in [2.05, 4.69) is 28.2 Å². The molecule has 1 aliphatic rings. The predicted molar refractivity (Wildman–Crippen MR) is 93.7 cm³/mol. The zero-order valence-corrected chi connectivity index (χ0v) is 13.8. The van der Waals surface area contributed by atoms with E-state index in [-0.39, 0.29) is 11.7 Å². The number of likely N-dealkylation sites (N-methyl/N-ethyl adjacent to an activating group) is 1. The molecule has 0 aliphatic carbocycles. The highest BCUT2D eigenvalue weighted by Crippen LogP contribution is 2.21. The summed E-state index contributed by atoms with van der Waals surface area (Å²) in [6, 6.07) is 13.7. The number of anilines is 1. The highest BCUT2D eigenvalue weighted by atomic mass is 19.1. The molecule has 0 radical (unpaired) electrons. The van der Waals surface area contributed by atoms with Gasteiger partial charge in [-0.15, -0.1) is 0 Å². The lowest BCUT2D eigenvalue weighted by Crippen LogP contribution is -2.45. The molecule has 2 aromatic rings. The van der Waals surface area contributed by atoms with Gasteiger partial charge in [-0.2, -0.15) is 0 Å². The molecule has 24 heavy (non-hydrogen) atoms. The summed E-state index contributed by atoms with van der Waals surface area (Å²) in [7, 11) is 2.13. The maximum absolute atomic E-state index is 12.9. The van der Waals surface area contributed by atoms with Crippen molar-refractivity contribution >= 4 is 11.6 Å². The molecular weight excluding hydrogens is 305 g/mol. The zero-order chi connectivity index (χ0) is 16.9. The maximum atomic E-state index is 12.9. The Morgan fingerprint density at radius 2 is 1.71 bits per heavy atom. The van der Waals surface area contributed by atoms with Gasteiger partial charge in [0.15, 0.2) is 0 Å². The fourth-order valence-electron chi connectivity index (χ4n) is 2.89. The minimum absolute atomic E-state index is 0.191. The van der Waals surface area contributed by atoms with Crippen LogP contribution in [0, 0.1) is 5.82 Å². The summed E-state index contributed by atoms with van der Waals surface area (Å²) < 4.78 is 12.9. The van der Waals surface area contributed by atoms with Crippen LogP contribution < -0.4 is 10.2 Å². The van der Waals surface area contributed by atoms with Crippen molar-refractivity contribution in [3.05, 3.63) is 65.5 Å². The van der Waals surface area contributed by atoms with Gasteiger partial charge in [0, 0.05) is 44.0 Å². The largest absolute Gasteiger partial charge is 0.369 e. The predicted octanol–water partition coefficient (Wildman–Crippen LogP) is 2.51. The van der Waals surface area contributed by atoms with E-state index in [4.69, 9.17) is 0 Å². The molecule has 0 unspecified atom stereocenters. The number of carbonyl (C=O) groups excluding carboxylic acids is 1. The highest BCUT2D eigenvalue weighted by molar-refractivity contribution is 5.94. The number of rotatable bonds is 4. The first-order valence-corrected chi connectivity index (χ1v) is 8.18. The summed E-state index contributed by atoms with van der Waals surface area (Å²) in [4.78, 5) is 16.9. The summed E-state index contributed by atoms with van der Waals surface area (Å²) >= 11 is 0. The summed E-state index contributed by atoms with van der Waals surface area (Å²) in [6.45, 7) is 4.50. The summed E-state index contributed by atoms with van der Waals surface area (Å²) in [6.07, 6.45) is 0. The minimum atomic E-state index is -0.341. The number of halogens is 1. The number of amides is 1. The van der Waals surface area contributed by atoms with Crippen molar-refractivity contribution < 1.29 is 9.18 Å². The second-order valence-electron chi connectivity index (χ2n) is 6.11. The van der Waals surface area contributed by atoms with Crippen LogP contribution in [0.3, 0.4) is 0 Å². The van der Waals surface area contributed by atoms with Gasteiger partial charge in [0.2, 0.25) is 0 Å². The molecule has 1 N–H and O–H groups in total. The Kier molecular flexibility index (Phi) is 5.11. The van der Waals surface area contributed by atoms with Gasteiger partial charge in [0.05, 0.1) is 0 Å². The quantitative estimate of drug-likeness (QED) is 0.937. The molecule has 1 fully saturated rings.